The van der Waals surface area contributed by atoms with E-state index in [4.69, 9.17) is 9.47 Å². The number of carbonyl (C=O) groups excluding carboxylic acids is 2. The second kappa shape index (κ2) is 11.0. The summed E-state index contributed by atoms with van der Waals surface area (Å²) in [6.07, 6.45) is 0. The van der Waals surface area contributed by atoms with E-state index < -0.39 is 6.04 Å². The van der Waals surface area contributed by atoms with Crippen LogP contribution in [0.25, 0.3) is 0 Å². The van der Waals surface area contributed by atoms with Crippen LogP contribution in [0.1, 0.15) is 25.0 Å². The molecule has 1 aromatic carbocycles. The smallest absolute Gasteiger partial charge is 0.275 e. The van der Waals surface area contributed by atoms with Crippen LogP contribution in [0.4, 0.5) is 0 Å². The fraction of sp³-hybridized carbons (Fsp3) is 0.619. The van der Waals surface area contributed by atoms with Crippen LogP contribution in [0.2, 0.25) is 0 Å². The number of hydrogen-bond acceptors (Lipinski definition) is 4. The van der Waals surface area contributed by atoms with Crippen molar-refractivity contribution >= 4 is 11.8 Å². The van der Waals surface area contributed by atoms with Crippen LogP contribution in [0.15, 0.2) is 12.1 Å². The maximum absolute atomic E-state index is 12.2. The zero-order chi connectivity index (χ0) is 21.4. The highest BCUT2D eigenvalue weighted by atomic mass is 16.5. The molecule has 2 amide bonds. The van der Waals surface area contributed by atoms with E-state index in [-0.39, 0.29) is 11.8 Å². The first-order chi connectivity index (χ1) is 13.9. The summed E-state index contributed by atoms with van der Waals surface area (Å²) in [6, 6.07) is 3.59. The van der Waals surface area contributed by atoms with Crippen LogP contribution >= 0.6 is 0 Å². The second-order valence-electron chi connectivity index (χ2n) is 7.67. The van der Waals surface area contributed by atoms with Crippen molar-refractivity contribution in [1.29, 1.82) is 0 Å². The molecule has 1 aromatic rings. The zero-order valence-corrected chi connectivity index (χ0v) is 18.3. The van der Waals surface area contributed by atoms with Crippen molar-refractivity contribution in [3.8, 4) is 11.5 Å². The number of nitrogens with one attached hydrogen (secondary N) is 4. The lowest BCUT2D eigenvalue weighted by molar-refractivity contribution is -1.02. The van der Waals surface area contributed by atoms with E-state index in [1.807, 2.05) is 13.0 Å². The highest BCUT2D eigenvalue weighted by Gasteiger charge is 2.26. The van der Waals surface area contributed by atoms with Crippen molar-refractivity contribution in [3.05, 3.63) is 23.3 Å². The molecule has 0 aliphatic carbocycles. The maximum atomic E-state index is 12.2. The van der Waals surface area contributed by atoms with Gasteiger partial charge in [0.25, 0.3) is 5.91 Å². The van der Waals surface area contributed by atoms with Gasteiger partial charge in [0.15, 0.2) is 18.0 Å². The van der Waals surface area contributed by atoms with E-state index in [1.165, 1.54) is 20.9 Å². The summed E-state index contributed by atoms with van der Waals surface area (Å²) in [5.41, 5.74) is 2.46. The number of benzene rings is 1. The molecule has 162 valence electrons. The summed E-state index contributed by atoms with van der Waals surface area (Å²) in [6.45, 7) is 11.5. The Hall–Kier alpha value is -2.32. The van der Waals surface area contributed by atoms with Crippen molar-refractivity contribution in [2.24, 2.45) is 0 Å². The predicted molar refractivity (Wildman–Crippen MR) is 111 cm³/mol. The normalized spacial score (nSPS) is 19.9. The van der Waals surface area contributed by atoms with Gasteiger partial charge < -0.3 is 29.9 Å². The van der Waals surface area contributed by atoms with Crippen LogP contribution in [-0.4, -0.2) is 71.3 Å². The molecule has 0 radical (unpaired) electrons. The number of hydrogen-bond donors (Lipinski definition) is 4. The standard InChI is InChI=1S/C21H34N4O4/c1-6-22-21(27)16(3)23-20(26)14-25-9-7-24(8-10-25)13-17-12-19(29-5)18(28-4)11-15(17)2/h11-12,16H,6-10,13-14H2,1-5H3,(H,22,27)(H,23,26)/p+2/t16-/m0/s1. The molecule has 1 aliphatic rings. The average molecular weight is 409 g/mol. The first kappa shape index (κ1) is 23.0. The highest BCUT2D eigenvalue weighted by molar-refractivity contribution is 5.87. The SMILES string of the molecule is CCNC(=O)[C@H](C)NC(=O)C[NH+]1CC[NH+](Cc2cc(OC)c(OC)cc2C)CC1. The lowest BCUT2D eigenvalue weighted by Gasteiger charge is -2.30. The summed E-state index contributed by atoms with van der Waals surface area (Å²) in [4.78, 5) is 26.7. The molecule has 1 atom stereocenters. The van der Waals surface area contributed by atoms with E-state index in [1.54, 1.807) is 21.1 Å². The monoisotopic (exact) mass is 408 g/mol. The van der Waals surface area contributed by atoms with Crippen molar-refractivity contribution < 1.29 is 28.9 Å². The fourth-order valence-electron chi connectivity index (χ4n) is 3.71. The van der Waals surface area contributed by atoms with Gasteiger partial charge in [0.2, 0.25) is 5.91 Å². The van der Waals surface area contributed by atoms with E-state index in [0.29, 0.717) is 13.1 Å². The van der Waals surface area contributed by atoms with Gasteiger partial charge in [-0.15, -0.1) is 0 Å². The summed E-state index contributed by atoms with van der Waals surface area (Å²) >= 11 is 0. The van der Waals surface area contributed by atoms with Crippen molar-refractivity contribution in [3.63, 3.8) is 0 Å². The second-order valence-corrected chi connectivity index (χ2v) is 7.67. The molecule has 29 heavy (non-hydrogen) atoms. The van der Waals surface area contributed by atoms with Gasteiger partial charge in [0.05, 0.1) is 14.2 Å². The maximum Gasteiger partial charge on any atom is 0.275 e. The van der Waals surface area contributed by atoms with Crippen molar-refractivity contribution in [2.45, 2.75) is 33.4 Å². The van der Waals surface area contributed by atoms with Gasteiger partial charge in [-0.05, 0) is 38.5 Å². The molecule has 1 heterocycles. The molecule has 4 N–H and O–H groups in total. The molecule has 0 aromatic heterocycles. The Morgan fingerprint density at radius 1 is 1.07 bits per heavy atom. The van der Waals surface area contributed by atoms with Gasteiger partial charge in [-0.1, -0.05) is 0 Å². The number of methoxy groups -OCH3 is 2. The van der Waals surface area contributed by atoms with Crippen LogP contribution < -0.4 is 29.9 Å². The van der Waals surface area contributed by atoms with Crippen LogP contribution in [0.5, 0.6) is 11.5 Å². The average Bonchev–Trinajstić information content (AvgIpc) is 2.70. The Kier molecular flexibility index (Phi) is 8.72. The molecule has 8 heteroatoms. The number of carbonyl (C=O) groups is 2. The molecule has 2 rings (SSSR count). The quantitative estimate of drug-likeness (QED) is 0.379. The minimum atomic E-state index is -0.498. The number of piperazine rings is 1. The van der Waals surface area contributed by atoms with Gasteiger partial charge in [-0.2, -0.15) is 0 Å². The third-order valence-corrected chi connectivity index (χ3v) is 5.48. The summed E-state index contributed by atoms with van der Waals surface area (Å²) in [7, 11) is 3.31. The lowest BCUT2D eigenvalue weighted by Crippen LogP contribution is -3.28. The zero-order valence-electron chi connectivity index (χ0n) is 18.3. The van der Waals surface area contributed by atoms with Gasteiger partial charge in [-0.3, -0.25) is 9.59 Å². The molecular formula is C21H36N4O4+2. The van der Waals surface area contributed by atoms with Gasteiger partial charge in [0, 0.05) is 12.1 Å². The van der Waals surface area contributed by atoms with Crippen LogP contribution in [-0.2, 0) is 16.1 Å². The molecule has 0 spiro atoms. The molecule has 0 saturated carbocycles. The first-order valence-electron chi connectivity index (χ1n) is 10.3. The van der Waals surface area contributed by atoms with Gasteiger partial charge in [-0.25, -0.2) is 0 Å². The van der Waals surface area contributed by atoms with Crippen molar-refractivity contribution in [2.75, 3.05) is 53.5 Å². The minimum absolute atomic E-state index is 0.0714. The van der Waals surface area contributed by atoms with E-state index in [2.05, 4.69) is 23.6 Å². The van der Waals surface area contributed by atoms with Crippen molar-refractivity contribution in [1.82, 2.24) is 10.6 Å². The Labute approximate surface area is 173 Å². The molecular weight excluding hydrogens is 372 g/mol. The largest absolute Gasteiger partial charge is 0.493 e. The Morgan fingerprint density at radius 2 is 1.66 bits per heavy atom. The Bertz CT molecular complexity index is 702. The van der Waals surface area contributed by atoms with Gasteiger partial charge >= 0.3 is 0 Å². The molecule has 1 saturated heterocycles. The van der Waals surface area contributed by atoms with Crippen LogP contribution in [0.3, 0.4) is 0 Å². The highest BCUT2D eigenvalue weighted by Crippen LogP contribution is 2.29. The number of ether oxygens (including phenoxy) is 2. The summed E-state index contributed by atoms with van der Waals surface area (Å²) in [5.74, 6) is 1.30. The Morgan fingerprint density at radius 3 is 2.24 bits per heavy atom. The number of aryl methyl sites for hydroxylation is 1. The van der Waals surface area contributed by atoms with E-state index in [0.717, 1.165) is 44.2 Å². The molecule has 0 unspecified atom stereocenters. The Balaban J connectivity index is 1.82. The topological polar surface area (TPSA) is 85.5 Å². The third-order valence-electron chi connectivity index (χ3n) is 5.48. The first-order valence-corrected chi connectivity index (χ1v) is 10.3. The van der Waals surface area contributed by atoms with E-state index >= 15 is 0 Å². The number of likely N-dealkylation sites (N-methyl/N-ethyl adjacent to an activating group) is 1. The van der Waals surface area contributed by atoms with Gasteiger partial charge in [0.1, 0.15) is 38.8 Å². The number of rotatable bonds is 9. The summed E-state index contributed by atoms with van der Waals surface area (Å²) in [5, 5.41) is 5.51. The lowest BCUT2D eigenvalue weighted by atomic mass is 10.1. The molecule has 0 bridgehead atoms. The predicted octanol–water partition coefficient (Wildman–Crippen LogP) is -2.06. The summed E-state index contributed by atoms with van der Waals surface area (Å²) < 4.78 is 10.8. The minimum Gasteiger partial charge on any atom is -0.493 e. The number of quaternary nitrogens is 2. The van der Waals surface area contributed by atoms with Crippen LogP contribution in [0, 0.1) is 6.92 Å². The third kappa shape index (κ3) is 6.61. The molecule has 1 aliphatic heterocycles. The molecule has 1 fully saturated rings. The fourth-order valence-corrected chi connectivity index (χ4v) is 3.71. The molecule has 8 nitrogen and oxygen atoms in total. The van der Waals surface area contributed by atoms with E-state index in [9.17, 15) is 9.59 Å². The number of amides is 2.